The van der Waals surface area contributed by atoms with E-state index in [0.29, 0.717) is 7.12 Å². The van der Waals surface area contributed by atoms with Crippen LogP contribution in [0.25, 0.3) is 0 Å². The van der Waals surface area contributed by atoms with Crippen molar-refractivity contribution in [2.75, 3.05) is 27.2 Å². The minimum atomic E-state index is -1.26. The van der Waals surface area contributed by atoms with Crippen LogP contribution in [0.4, 0.5) is 0 Å². The van der Waals surface area contributed by atoms with Gasteiger partial charge in [-0.25, -0.2) is 0 Å². The fourth-order valence-electron chi connectivity index (χ4n) is 2.98. The first kappa shape index (κ1) is 14.4. The maximum absolute atomic E-state index is 2.88. The number of hydrogen-bond acceptors (Lipinski definition) is 3. The fraction of sp³-hybridized carbons (Fsp3) is 1.00. The molecule has 0 spiro atoms. The Balaban J connectivity index is 3.02. The first-order chi connectivity index (χ1) is 7.05. The zero-order valence-electron chi connectivity index (χ0n) is 12.3. The van der Waals surface area contributed by atoms with E-state index in [2.05, 4.69) is 67.1 Å². The number of hydrogen-bond donors (Lipinski definition) is 0. The monoisotopic (exact) mass is 257 g/mol. The van der Waals surface area contributed by atoms with Gasteiger partial charge in [0.2, 0.25) is 0 Å². The summed E-state index contributed by atoms with van der Waals surface area (Å²) in [5, 5.41) is 0. The third-order valence-electron chi connectivity index (χ3n) is 3.27. The average molecular weight is 257 g/mol. The molecule has 0 N–H and O–H groups in total. The van der Waals surface area contributed by atoms with Crippen molar-refractivity contribution in [2.24, 2.45) is 0 Å². The highest BCUT2D eigenvalue weighted by molar-refractivity contribution is 6.98. The second-order valence-corrected chi connectivity index (χ2v) is 17.1. The van der Waals surface area contributed by atoms with Gasteiger partial charge in [0.05, 0.1) is 0 Å². The van der Waals surface area contributed by atoms with Crippen LogP contribution in [0.3, 0.4) is 0 Å². The van der Waals surface area contributed by atoms with E-state index in [4.69, 9.17) is 0 Å². The SMILES string of the molecule is CN1CCN(C)B1N([Si](C)(C)C)[Si](C)(C)C. The summed E-state index contributed by atoms with van der Waals surface area (Å²) in [6, 6.07) is 0. The summed E-state index contributed by atoms with van der Waals surface area (Å²) in [7, 11) is 2.55. The van der Waals surface area contributed by atoms with Crippen LogP contribution in [0, 0.1) is 0 Å². The third kappa shape index (κ3) is 2.98. The van der Waals surface area contributed by atoms with E-state index >= 15 is 0 Å². The van der Waals surface area contributed by atoms with Crippen LogP contribution in [-0.4, -0.2) is 64.5 Å². The van der Waals surface area contributed by atoms with Crippen LogP contribution in [0.5, 0.6) is 0 Å². The molecule has 1 aliphatic rings. The van der Waals surface area contributed by atoms with E-state index in [1.165, 1.54) is 13.1 Å². The van der Waals surface area contributed by atoms with E-state index in [9.17, 15) is 0 Å². The molecule has 0 aromatic heterocycles. The zero-order valence-corrected chi connectivity index (χ0v) is 14.3. The molecule has 0 bridgehead atoms. The molecule has 0 saturated carbocycles. The summed E-state index contributed by atoms with van der Waals surface area (Å²) in [6.45, 7) is 17.3. The molecule has 1 rings (SSSR count). The molecular weight excluding hydrogens is 229 g/mol. The Morgan fingerprint density at radius 1 is 0.812 bits per heavy atom. The predicted molar refractivity (Wildman–Crippen MR) is 79.5 cm³/mol. The Kier molecular flexibility index (Phi) is 4.12. The van der Waals surface area contributed by atoms with Crippen molar-refractivity contribution in [1.29, 1.82) is 0 Å². The van der Waals surface area contributed by atoms with Crippen molar-refractivity contribution in [3.63, 3.8) is 0 Å². The highest BCUT2D eigenvalue weighted by Gasteiger charge is 2.47. The number of likely N-dealkylation sites (N-methyl/N-ethyl adjacent to an activating group) is 2. The Labute approximate surface area is 104 Å². The molecule has 1 heterocycles. The van der Waals surface area contributed by atoms with Crippen molar-refractivity contribution in [2.45, 2.75) is 39.3 Å². The van der Waals surface area contributed by atoms with E-state index in [1.54, 1.807) is 0 Å². The number of nitrogens with zero attached hydrogens (tertiary/aromatic N) is 3. The summed E-state index contributed by atoms with van der Waals surface area (Å²) in [5.74, 6) is 0. The molecule has 3 nitrogen and oxygen atoms in total. The van der Waals surface area contributed by atoms with E-state index in [-0.39, 0.29) is 0 Å². The summed E-state index contributed by atoms with van der Waals surface area (Å²) in [5.41, 5.74) is 0. The molecule has 0 aromatic carbocycles. The van der Waals surface area contributed by atoms with Gasteiger partial charge in [-0.05, 0) is 14.1 Å². The smallest absolute Gasteiger partial charge is 0.359 e. The summed E-state index contributed by atoms with van der Waals surface area (Å²) < 4.78 is 2.88. The molecule has 6 heteroatoms. The molecule has 0 atom stereocenters. The van der Waals surface area contributed by atoms with Crippen LogP contribution >= 0.6 is 0 Å². The van der Waals surface area contributed by atoms with Gasteiger partial charge in [-0.1, -0.05) is 39.3 Å². The van der Waals surface area contributed by atoms with Crippen LogP contribution in [0.1, 0.15) is 0 Å². The first-order valence-corrected chi connectivity index (χ1v) is 13.1. The summed E-state index contributed by atoms with van der Waals surface area (Å²) >= 11 is 0. The van der Waals surface area contributed by atoms with E-state index in [0.717, 1.165) is 0 Å². The molecule has 94 valence electrons. The highest BCUT2D eigenvalue weighted by Crippen LogP contribution is 2.25. The van der Waals surface area contributed by atoms with Crippen LogP contribution in [0.15, 0.2) is 0 Å². The molecule has 1 aliphatic heterocycles. The van der Waals surface area contributed by atoms with Gasteiger partial charge in [0.25, 0.3) is 0 Å². The van der Waals surface area contributed by atoms with Gasteiger partial charge in [-0.2, -0.15) is 0 Å². The molecule has 0 unspecified atom stereocenters. The molecule has 0 aliphatic carbocycles. The van der Waals surface area contributed by atoms with Crippen LogP contribution in [-0.2, 0) is 0 Å². The van der Waals surface area contributed by atoms with Gasteiger partial charge < -0.3 is 13.8 Å². The molecule has 1 fully saturated rings. The second kappa shape index (κ2) is 4.57. The fourth-order valence-corrected chi connectivity index (χ4v) is 13.2. The maximum atomic E-state index is 2.88. The normalized spacial score (nSPS) is 21.2. The van der Waals surface area contributed by atoms with Gasteiger partial charge in [0, 0.05) is 13.1 Å². The molecule has 1 saturated heterocycles. The molecule has 0 amide bonds. The molecule has 16 heavy (non-hydrogen) atoms. The predicted octanol–water partition coefficient (Wildman–Crippen LogP) is 1.82. The highest BCUT2D eigenvalue weighted by atomic mass is 28.4. The second-order valence-electron chi connectivity index (χ2n) is 7.02. The van der Waals surface area contributed by atoms with Gasteiger partial charge in [0.1, 0.15) is 16.5 Å². The maximum Gasteiger partial charge on any atom is 0.389 e. The first-order valence-electron chi connectivity index (χ1n) is 6.25. The van der Waals surface area contributed by atoms with Gasteiger partial charge >= 0.3 is 7.12 Å². The minimum absolute atomic E-state index is 0.540. The quantitative estimate of drug-likeness (QED) is 0.714. The van der Waals surface area contributed by atoms with Crippen molar-refractivity contribution in [3.8, 4) is 0 Å². The lowest BCUT2D eigenvalue weighted by molar-refractivity contribution is 0.553. The Bertz CT molecular complexity index is 225. The van der Waals surface area contributed by atoms with Crippen molar-refractivity contribution in [3.05, 3.63) is 0 Å². The van der Waals surface area contributed by atoms with Crippen LogP contribution in [0.2, 0.25) is 39.3 Å². The van der Waals surface area contributed by atoms with Crippen molar-refractivity contribution in [1.82, 2.24) is 13.8 Å². The lowest BCUT2D eigenvalue weighted by atomic mass is 9.94. The van der Waals surface area contributed by atoms with Gasteiger partial charge in [-0.3, -0.25) is 0 Å². The van der Waals surface area contributed by atoms with Gasteiger partial charge in [0.15, 0.2) is 0 Å². The third-order valence-corrected chi connectivity index (χ3v) is 10.6. The van der Waals surface area contributed by atoms with Crippen molar-refractivity contribution < 1.29 is 0 Å². The van der Waals surface area contributed by atoms with E-state index in [1.807, 2.05) is 0 Å². The Morgan fingerprint density at radius 2 is 1.12 bits per heavy atom. The van der Waals surface area contributed by atoms with Crippen LogP contribution < -0.4 is 0 Å². The average Bonchev–Trinajstić information content (AvgIpc) is 2.30. The lowest BCUT2D eigenvalue weighted by Gasteiger charge is -2.49. The Hall–Kier alpha value is 0.379. The summed E-state index contributed by atoms with van der Waals surface area (Å²) in [4.78, 5) is 5.02. The number of rotatable bonds is 3. The zero-order chi connectivity index (χ0) is 12.7. The van der Waals surface area contributed by atoms with Crippen molar-refractivity contribution >= 4 is 23.6 Å². The lowest BCUT2D eigenvalue weighted by Crippen LogP contribution is -2.71. The molecule has 0 radical (unpaired) electrons. The molecule has 0 aromatic rings. The standard InChI is InChI=1S/C10H28BN3Si2/c1-12-9-10-13(2)11(12)14(15(3,4)5)16(6,7)8/h9-10H2,1-8H3. The van der Waals surface area contributed by atoms with Gasteiger partial charge in [-0.15, -0.1) is 0 Å². The molecular formula is C10H28BN3Si2. The minimum Gasteiger partial charge on any atom is -0.359 e. The largest absolute Gasteiger partial charge is 0.389 e. The van der Waals surface area contributed by atoms with E-state index < -0.39 is 16.5 Å². The Morgan fingerprint density at radius 3 is 1.38 bits per heavy atom. The summed E-state index contributed by atoms with van der Waals surface area (Å²) in [6.07, 6.45) is 0. The topological polar surface area (TPSA) is 9.72 Å².